The van der Waals surface area contributed by atoms with Gasteiger partial charge in [0, 0.05) is 11.3 Å². The minimum absolute atomic E-state index is 0.0149. The summed E-state index contributed by atoms with van der Waals surface area (Å²) in [6.07, 6.45) is 13.9. The molecule has 4 aliphatic carbocycles. The molecule has 0 heteroatoms. The summed E-state index contributed by atoms with van der Waals surface area (Å²) >= 11 is 0. The van der Waals surface area contributed by atoms with E-state index >= 15 is 0 Å². The molecule has 10 aromatic rings. The van der Waals surface area contributed by atoms with Gasteiger partial charge in [-0.1, -0.05) is 283 Å². The molecule has 0 aromatic heterocycles. The third-order valence-electron chi connectivity index (χ3n) is 16.9. The van der Waals surface area contributed by atoms with Gasteiger partial charge in [0.1, 0.15) is 0 Å². The molecule has 14 rings (SSSR count). The largest absolute Gasteiger partial charge is 0.0827 e. The lowest BCUT2D eigenvalue weighted by Crippen LogP contribution is -2.39. The monoisotopic (exact) mass is 948 g/mol. The van der Waals surface area contributed by atoms with Gasteiger partial charge in [0.2, 0.25) is 0 Å². The van der Waals surface area contributed by atoms with E-state index in [2.05, 4.69) is 269 Å². The summed E-state index contributed by atoms with van der Waals surface area (Å²) in [4.78, 5) is 0. The molecule has 0 saturated carbocycles. The maximum absolute atomic E-state index is 2.54. The van der Waals surface area contributed by atoms with Crippen molar-refractivity contribution < 1.29 is 0 Å². The molecule has 74 heavy (non-hydrogen) atoms. The van der Waals surface area contributed by atoms with E-state index in [1.807, 2.05) is 13.8 Å². The zero-order valence-corrected chi connectivity index (χ0v) is 42.8. The zero-order chi connectivity index (χ0) is 50.0. The number of rotatable bonds is 7. The third kappa shape index (κ3) is 7.03. The van der Waals surface area contributed by atoms with Crippen LogP contribution in [0.5, 0.6) is 0 Å². The number of hydrogen-bond acceptors (Lipinski definition) is 0. The highest BCUT2D eigenvalue weighted by Gasteiger charge is 2.58. The van der Waals surface area contributed by atoms with Crippen LogP contribution in [0, 0.1) is 5.92 Å². The van der Waals surface area contributed by atoms with E-state index in [0.717, 1.165) is 12.8 Å². The predicted molar refractivity (Wildman–Crippen MR) is 315 cm³/mol. The molecular formula is C74H60. The van der Waals surface area contributed by atoms with Gasteiger partial charge in [-0.15, -0.1) is 0 Å². The van der Waals surface area contributed by atoms with Crippen molar-refractivity contribution in [1.29, 1.82) is 0 Å². The summed E-state index contributed by atoms with van der Waals surface area (Å²) < 4.78 is 0. The maximum atomic E-state index is 2.54. The van der Waals surface area contributed by atoms with Gasteiger partial charge in [0.25, 0.3) is 0 Å². The fourth-order valence-corrected chi connectivity index (χ4v) is 13.6. The Morgan fingerprint density at radius 3 is 1.59 bits per heavy atom. The lowest BCUT2D eigenvalue weighted by atomic mass is 9.57. The van der Waals surface area contributed by atoms with E-state index in [1.54, 1.807) is 0 Å². The van der Waals surface area contributed by atoms with Crippen molar-refractivity contribution in [2.75, 3.05) is 0 Å². The molecule has 0 heterocycles. The fourth-order valence-electron chi connectivity index (χ4n) is 13.6. The van der Waals surface area contributed by atoms with E-state index in [-0.39, 0.29) is 11.3 Å². The van der Waals surface area contributed by atoms with E-state index in [0.29, 0.717) is 5.92 Å². The Hall–Kier alpha value is -8.32. The number of allylic oxidation sites excluding steroid dienone is 8. The Kier molecular flexibility index (Phi) is 11.3. The molecule has 3 unspecified atom stereocenters. The van der Waals surface area contributed by atoms with Crippen LogP contribution in [0.3, 0.4) is 0 Å². The summed E-state index contributed by atoms with van der Waals surface area (Å²) in [7, 11) is 0. The normalized spacial score (nSPS) is 18.1. The summed E-state index contributed by atoms with van der Waals surface area (Å²) in [5, 5.41) is 5.15. The van der Waals surface area contributed by atoms with Crippen molar-refractivity contribution in [3.63, 3.8) is 0 Å². The van der Waals surface area contributed by atoms with Crippen LogP contribution in [0.15, 0.2) is 260 Å². The highest BCUT2D eigenvalue weighted by Crippen LogP contribution is 2.67. The molecule has 0 radical (unpaired) electrons. The Balaban J connectivity index is 0.00000261. The smallest absolute Gasteiger partial charge is 0.0697 e. The van der Waals surface area contributed by atoms with Crippen molar-refractivity contribution in [2.24, 2.45) is 5.92 Å². The molecule has 0 saturated heterocycles. The Bertz CT molecular complexity index is 3880. The minimum atomic E-state index is -0.419. The van der Waals surface area contributed by atoms with E-state index < -0.39 is 5.41 Å². The van der Waals surface area contributed by atoms with Crippen LogP contribution >= 0.6 is 0 Å². The van der Waals surface area contributed by atoms with Gasteiger partial charge in [0.05, 0.1) is 5.41 Å². The average molecular weight is 949 g/mol. The number of fused-ring (bicyclic) bond motifs is 11. The van der Waals surface area contributed by atoms with E-state index in [1.165, 1.54) is 122 Å². The van der Waals surface area contributed by atoms with Crippen LogP contribution in [0.2, 0.25) is 0 Å². The van der Waals surface area contributed by atoms with Crippen molar-refractivity contribution in [2.45, 2.75) is 57.3 Å². The first kappa shape index (κ1) is 45.5. The van der Waals surface area contributed by atoms with Crippen LogP contribution in [-0.4, -0.2) is 0 Å². The van der Waals surface area contributed by atoms with Gasteiger partial charge in [-0.2, -0.15) is 0 Å². The molecule has 0 amide bonds. The van der Waals surface area contributed by atoms with Gasteiger partial charge in [-0.25, -0.2) is 0 Å². The highest BCUT2D eigenvalue weighted by atomic mass is 14.6. The van der Waals surface area contributed by atoms with Crippen LogP contribution in [0.1, 0.15) is 96.5 Å². The van der Waals surface area contributed by atoms with Gasteiger partial charge in [0.15, 0.2) is 0 Å². The van der Waals surface area contributed by atoms with Crippen molar-refractivity contribution in [3.05, 3.63) is 310 Å². The highest BCUT2D eigenvalue weighted by molar-refractivity contribution is 6.01. The van der Waals surface area contributed by atoms with Crippen LogP contribution in [-0.2, 0) is 10.8 Å². The number of benzene rings is 10. The Morgan fingerprint density at radius 2 is 0.946 bits per heavy atom. The average Bonchev–Trinajstić information content (AvgIpc) is 4.06. The summed E-state index contributed by atoms with van der Waals surface area (Å²) in [6.45, 7) is 8.82. The third-order valence-corrected chi connectivity index (χ3v) is 16.9. The lowest BCUT2D eigenvalue weighted by molar-refractivity contribution is 0.506. The predicted octanol–water partition coefficient (Wildman–Crippen LogP) is 19.5. The molecule has 0 N–H and O–H groups in total. The first-order chi connectivity index (χ1) is 36.5. The zero-order valence-electron chi connectivity index (χ0n) is 42.8. The van der Waals surface area contributed by atoms with Crippen LogP contribution in [0.4, 0.5) is 0 Å². The Morgan fingerprint density at radius 1 is 0.432 bits per heavy atom. The molecule has 0 bridgehead atoms. The van der Waals surface area contributed by atoms with E-state index in [9.17, 15) is 0 Å². The summed E-state index contributed by atoms with van der Waals surface area (Å²) in [5.74, 6) is 0.586. The standard InChI is InChI=1S/C72H54.C2H6/c1-47-28-30-48(31-29-47)49-32-34-50(35-33-49)51-36-40-54(41-37-51)69(55-42-38-53(39-43-55)57-23-13-16-52-15-3-4-17-56(52)57)63-44-45-65(59-19-6-5-18-58(59)63)71(2)46-14-24-64-62-22-9-12-27-68(62)72(70(64)71)66-25-10-7-20-60(66)61-21-8-11-26-67(61)72;1-2/h3-28,30-45,47,69H,29,46H2,1-2H3;1-2H3. The van der Waals surface area contributed by atoms with Crippen LogP contribution in [0.25, 0.3) is 66.1 Å². The second-order valence-electron chi connectivity index (χ2n) is 20.9. The van der Waals surface area contributed by atoms with Gasteiger partial charge >= 0.3 is 0 Å². The maximum Gasteiger partial charge on any atom is 0.0697 e. The molecule has 0 aliphatic heterocycles. The lowest BCUT2D eigenvalue weighted by Gasteiger charge is -2.44. The minimum Gasteiger partial charge on any atom is -0.0827 e. The second kappa shape index (κ2) is 18.3. The van der Waals surface area contributed by atoms with Crippen molar-refractivity contribution in [3.8, 4) is 33.4 Å². The van der Waals surface area contributed by atoms with E-state index in [4.69, 9.17) is 0 Å². The molecule has 0 nitrogen and oxygen atoms in total. The summed E-state index contributed by atoms with van der Waals surface area (Å²) in [6, 6.07) is 85.3. The fraction of sp³-hybridized carbons (Fsp3) is 0.135. The summed E-state index contributed by atoms with van der Waals surface area (Å²) in [5.41, 5.74) is 23.1. The second-order valence-corrected chi connectivity index (χ2v) is 20.9. The van der Waals surface area contributed by atoms with Gasteiger partial charge in [-0.05, 0) is 140 Å². The molecule has 10 aromatic carbocycles. The molecule has 356 valence electrons. The molecule has 4 aliphatic rings. The molecule has 1 spiro atoms. The SMILES string of the molecule is CC.CC1C=CC(c2ccc(-c3ccc(C(c4ccc(-c5cccc6ccccc56)cc4)c4ccc(C5(C)CC=CC6=C5C5(c7ccccc76)c6ccccc6-c6ccccc65)c5ccccc45)cc3)cc2)=CC1. The van der Waals surface area contributed by atoms with Gasteiger partial charge in [-0.3, -0.25) is 0 Å². The molecular weight excluding hydrogens is 889 g/mol. The van der Waals surface area contributed by atoms with Crippen LogP contribution < -0.4 is 0 Å². The van der Waals surface area contributed by atoms with Crippen molar-refractivity contribution in [1.82, 2.24) is 0 Å². The topological polar surface area (TPSA) is 0 Å². The first-order valence-corrected chi connectivity index (χ1v) is 26.9. The molecule has 0 fully saturated rings. The van der Waals surface area contributed by atoms with Gasteiger partial charge < -0.3 is 0 Å². The quantitative estimate of drug-likeness (QED) is 0.140. The number of hydrogen-bond donors (Lipinski definition) is 0. The Labute approximate surface area is 437 Å². The molecule has 3 atom stereocenters. The van der Waals surface area contributed by atoms with Crippen molar-refractivity contribution >= 4 is 32.7 Å². The first-order valence-electron chi connectivity index (χ1n) is 26.9.